The SMILES string of the molecule is CCCOc1cncc(C(O)c2ccc(C3CC3C)o2)c1. The lowest BCUT2D eigenvalue weighted by atomic mass is 10.1. The molecule has 1 aliphatic carbocycles. The molecule has 2 heterocycles. The quantitative estimate of drug-likeness (QED) is 0.880. The minimum absolute atomic E-state index is 0.517. The first-order chi connectivity index (χ1) is 10.2. The Bertz CT molecular complexity index is 608. The van der Waals surface area contributed by atoms with E-state index in [9.17, 15) is 5.11 Å². The molecule has 21 heavy (non-hydrogen) atoms. The van der Waals surface area contributed by atoms with Gasteiger partial charge >= 0.3 is 0 Å². The van der Waals surface area contributed by atoms with Gasteiger partial charge in [0.1, 0.15) is 23.4 Å². The van der Waals surface area contributed by atoms with Crippen LogP contribution in [-0.2, 0) is 0 Å². The summed E-state index contributed by atoms with van der Waals surface area (Å²) in [5, 5.41) is 10.4. The number of aliphatic hydroxyl groups is 1. The Morgan fingerprint density at radius 1 is 1.43 bits per heavy atom. The fourth-order valence-electron chi connectivity index (χ4n) is 2.48. The first-order valence-electron chi connectivity index (χ1n) is 7.54. The van der Waals surface area contributed by atoms with Gasteiger partial charge in [-0.05, 0) is 37.0 Å². The van der Waals surface area contributed by atoms with Gasteiger partial charge in [0.05, 0.1) is 12.8 Å². The topological polar surface area (TPSA) is 55.5 Å². The first kappa shape index (κ1) is 14.1. The second kappa shape index (κ2) is 5.90. The molecule has 1 fully saturated rings. The minimum atomic E-state index is -0.800. The van der Waals surface area contributed by atoms with Crippen LogP contribution in [0.2, 0.25) is 0 Å². The average molecular weight is 287 g/mol. The smallest absolute Gasteiger partial charge is 0.138 e. The van der Waals surface area contributed by atoms with E-state index in [1.54, 1.807) is 12.4 Å². The maximum absolute atomic E-state index is 10.4. The van der Waals surface area contributed by atoms with E-state index in [-0.39, 0.29) is 0 Å². The van der Waals surface area contributed by atoms with Gasteiger partial charge in [-0.3, -0.25) is 4.98 Å². The molecule has 1 saturated carbocycles. The van der Waals surface area contributed by atoms with Crippen molar-refractivity contribution in [3.05, 3.63) is 47.7 Å². The van der Waals surface area contributed by atoms with Crippen LogP contribution >= 0.6 is 0 Å². The molecule has 0 amide bonds. The highest BCUT2D eigenvalue weighted by Gasteiger charge is 2.37. The summed E-state index contributed by atoms with van der Waals surface area (Å²) in [6, 6.07) is 5.64. The van der Waals surface area contributed by atoms with Crippen molar-refractivity contribution < 1.29 is 14.3 Å². The summed E-state index contributed by atoms with van der Waals surface area (Å²) in [6.45, 7) is 4.91. The predicted octanol–water partition coefficient (Wildman–Crippen LogP) is 3.67. The van der Waals surface area contributed by atoms with Crippen molar-refractivity contribution in [3.8, 4) is 5.75 Å². The standard InChI is InChI=1S/C17H21NO3/c1-3-6-20-13-8-12(9-18-10-13)17(19)16-5-4-15(21-16)14-7-11(14)2/h4-5,8-11,14,17,19H,3,6-7H2,1-2H3. The molecule has 0 aliphatic heterocycles. The van der Waals surface area contributed by atoms with Gasteiger partial charge < -0.3 is 14.3 Å². The fraction of sp³-hybridized carbons (Fsp3) is 0.471. The molecule has 2 aromatic rings. The number of nitrogens with zero attached hydrogens (tertiary/aromatic N) is 1. The van der Waals surface area contributed by atoms with Crippen LogP contribution in [0.1, 0.15) is 55.8 Å². The molecular formula is C17H21NO3. The van der Waals surface area contributed by atoms with Crippen LogP contribution in [0.5, 0.6) is 5.75 Å². The van der Waals surface area contributed by atoms with E-state index in [0.717, 1.165) is 12.2 Å². The zero-order valence-electron chi connectivity index (χ0n) is 12.5. The van der Waals surface area contributed by atoms with Crippen molar-refractivity contribution in [3.63, 3.8) is 0 Å². The zero-order valence-corrected chi connectivity index (χ0v) is 12.5. The molecule has 2 aromatic heterocycles. The summed E-state index contributed by atoms with van der Waals surface area (Å²) in [6.07, 6.45) is 4.61. The molecule has 3 unspecified atom stereocenters. The Morgan fingerprint density at radius 3 is 2.95 bits per heavy atom. The third-order valence-electron chi connectivity index (χ3n) is 3.91. The number of hydrogen-bond acceptors (Lipinski definition) is 4. The summed E-state index contributed by atoms with van der Waals surface area (Å²) >= 11 is 0. The van der Waals surface area contributed by atoms with Crippen molar-refractivity contribution in [2.75, 3.05) is 6.61 Å². The number of furan rings is 1. The van der Waals surface area contributed by atoms with Crippen molar-refractivity contribution in [1.82, 2.24) is 4.98 Å². The minimum Gasteiger partial charge on any atom is -0.492 e. The van der Waals surface area contributed by atoms with Gasteiger partial charge in [0.15, 0.2) is 0 Å². The average Bonchev–Trinajstić information content (AvgIpc) is 3.04. The lowest BCUT2D eigenvalue weighted by molar-refractivity contribution is 0.185. The highest BCUT2D eigenvalue weighted by atomic mass is 16.5. The van der Waals surface area contributed by atoms with Crippen LogP contribution in [0.3, 0.4) is 0 Å². The molecule has 3 atom stereocenters. The van der Waals surface area contributed by atoms with Crippen molar-refractivity contribution in [2.45, 2.75) is 38.7 Å². The van der Waals surface area contributed by atoms with Gasteiger partial charge in [0.25, 0.3) is 0 Å². The highest BCUT2D eigenvalue weighted by molar-refractivity contribution is 5.30. The summed E-state index contributed by atoms with van der Waals surface area (Å²) in [4.78, 5) is 4.12. The van der Waals surface area contributed by atoms with Gasteiger partial charge in [0.2, 0.25) is 0 Å². The number of hydrogen-bond donors (Lipinski definition) is 1. The molecule has 4 nitrogen and oxygen atoms in total. The summed E-state index contributed by atoms with van der Waals surface area (Å²) in [5.41, 5.74) is 0.688. The normalized spacial score (nSPS) is 22.0. The summed E-state index contributed by atoms with van der Waals surface area (Å²) < 4.78 is 11.3. The third-order valence-corrected chi connectivity index (χ3v) is 3.91. The van der Waals surface area contributed by atoms with E-state index in [1.165, 1.54) is 6.42 Å². The van der Waals surface area contributed by atoms with Gasteiger partial charge in [-0.25, -0.2) is 0 Å². The molecule has 0 saturated heterocycles. The van der Waals surface area contributed by atoms with Crippen molar-refractivity contribution >= 4 is 0 Å². The summed E-state index contributed by atoms with van der Waals surface area (Å²) in [5.74, 6) is 3.43. The molecule has 3 rings (SSSR count). The molecule has 0 bridgehead atoms. The van der Waals surface area contributed by atoms with Crippen LogP contribution in [0.25, 0.3) is 0 Å². The number of rotatable bonds is 6. The molecule has 1 N–H and O–H groups in total. The molecule has 0 radical (unpaired) electrons. The molecule has 1 aliphatic rings. The molecule has 0 spiro atoms. The largest absolute Gasteiger partial charge is 0.492 e. The highest BCUT2D eigenvalue weighted by Crippen LogP contribution is 2.47. The Kier molecular flexibility index (Phi) is 3.97. The van der Waals surface area contributed by atoms with Gasteiger partial charge in [-0.1, -0.05) is 13.8 Å². The maximum atomic E-state index is 10.4. The van der Waals surface area contributed by atoms with E-state index < -0.39 is 6.10 Å². The van der Waals surface area contributed by atoms with Crippen LogP contribution in [0.15, 0.2) is 35.0 Å². The first-order valence-corrected chi connectivity index (χ1v) is 7.54. The molecule has 0 aromatic carbocycles. The Balaban J connectivity index is 1.74. The Hall–Kier alpha value is -1.81. The number of ether oxygens (including phenoxy) is 1. The number of aromatic nitrogens is 1. The van der Waals surface area contributed by atoms with Crippen LogP contribution in [-0.4, -0.2) is 16.7 Å². The monoisotopic (exact) mass is 287 g/mol. The fourth-order valence-corrected chi connectivity index (χ4v) is 2.48. The second-order valence-corrected chi connectivity index (χ2v) is 5.76. The lowest BCUT2D eigenvalue weighted by Gasteiger charge is -2.10. The van der Waals surface area contributed by atoms with Crippen LogP contribution in [0.4, 0.5) is 0 Å². The van der Waals surface area contributed by atoms with E-state index in [1.807, 2.05) is 18.2 Å². The van der Waals surface area contributed by atoms with E-state index in [2.05, 4.69) is 18.8 Å². The van der Waals surface area contributed by atoms with Crippen LogP contribution in [0, 0.1) is 5.92 Å². The van der Waals surface area contributed by atoms with Crippen molar-refractivity contribution in [2.24, 2.45) is 5.92 Å². The molecular weight excluding hydrogens is 266 g/mol. The van der Waals surface area contributed by atoms with Crippen molar-refractivity contribution in [1.29, 1.82) is 0 Å². The zero-order chi connectivity index (χ0) is 14.8. The molecule has 112 valence electrons. The number of pyridine rings is 1. The van der Waals surface area contributed by atoms with E-state index in [4.69, 9.17) is 9.15 Å². The van der Waals surface area contributed by atoms with Gasteiger partial charge in [-0.15, -0.1) is 0 Å². The maximum Gasteiger partial charge on any atom is 0.138 e. The lowest BCUT2D eigenvalue weighted by Crippen LogP contribution is -2.01. The van der Waals surface area contributed by atoms with Gasteiger partial charge in [0, 0.05) is 17.7 Å². The van der Waals surface area contributed by atoms with Gasteiger partial charge in [-0.2, -0.15) is 0 Å². The predicted molar refractivity (Wildman–Crippen MR) is 79.3 cm³/mol. The molecule has 4 heteroatoms. The van der Waals surface area contributed by atoms with E-state index in [0.29, 0.717) is 35.5 Å². The van der Waals surface area contributed by atoms with E-state index >= 15 is 0 Å². The Morgan fingerprint density at radius 2 is 2.24 bits per heavy atom. The number of aliphatic hydroxyl groups excluding tert-OH is 1. The third kappa shape index (κ3) is 3.10. The summed E-state index contributed by atoms with van der Waals surface area (Å²) in [7, 11) is 0. The Labute approximate surface area is 124 Å². The second-order valence-electron chi connectivity index (χ2n) is 5.76. The van der Waals surface area contributed by atoms with Crippen LogP contribution < -0.4 is 4.74 Å².